The lowest BCUT2D eigenvalue weighted by atomic mass is 9.77. The third-order valence-electron chi connectivity index (χ3n) is 7.13. The number of nitrogens with one attached hydrogen (secondary N) is 1. The summed E-state index contributed by atoms with van der Waals surface area (Å²) in [6.45, 7) is 0. The first kappa shape index (κ1) is 22.9. The minimum Gasteiger partial charge on any atom is -0.481 e. The predicted octanol–water partition coefficient (Wildman–Crippen LogP) is 1.35. The molecule has 2 heterocycles. The van der Waals surface area contributed by atoms with Gasteiger partial charge in [0, 0.05) is 12.1 Å². The van der Waals surface area contributed by atoms with Gasteiger partial charge in [-0.3, -0.25) is 29.4 Å². The molecule has 33 heavy (non-hydrogen) atoms. The Balaban J connectivity index is 1.78. The van der Waals surface area contributed by atoms with Crippen molar-refractivity contribution in [3.8, 4) is 0 Å². The summed E-state index contributed by atoms with van der Waals surface area (Å²) in [7, 11) is 1.25. The number of carbonyl (C=O) groups is 5. The van der Waals surface area contributed by atoms with Gasteiger partial charge < -0.3 is 14.9 Å². The molecule has 1 aromatic rings. The van der Waals surface area contributed by atoms with Crippen molar-refractivity contribution in [2.75, 3.05) is 7.11 Å². The Morgan fingerprint density at radius 2 is 1.70 bits per heavy atom. The number of methoxy groups -OCH3 is 1. The Labute approximate surface area is 189 Å². The van der Waals surface area contributed by atoms with Crippen LogP contribution < -0.4 is 5.32 Å². The molecule has 2 amide bonds. The summed E-state index contributed by atoms with van der Waals surface area (Å²) < 4.78 is 4.69. The van der Waals surface area contributed by atoms with E-state index in [1.165, 1.54) is 24.1 Å². The Bertz CT molecular complexity index is 1000. The smallest absolute Gasteiger partial charge is 0.337 e. The van der Waals surface area contributed by atoms with E-state index in [-0.39, 0.29) is 11.6 Å². The monoisotopic (exact) mass is 458 g/mol. The van der Waals surface area contributed by atoms with Crippen LogP contribution in [0.4, 0.5) is 0 Å². The lowest BCUT2D eigenvalue weighted by molar-refractivity contribution is -0.156. The lowest BCUT2D eigenvalue weighted by Gasteiger charge is -2.34. The van der Waals surface area contributed by atoms with E-state index in [4.69, 9.17) is 0 Å². The molecule has 0 radical (unpaired) electrons. The SMILES string of the molecule is COC(=O)c1ccc(C2NC(CC(=O)O)(C(=O)O)C3C(=O)N(C4CCCCC4)C(=O)C23)cc1. The number of ether oxygens (including phenoxy) is 1. The van der Waals surface area contributed by atoms with Crippen LogP contribution in [0.15, 0.2) is 24.3 Å². The number of hydrogen-bond acceptors (Lipinski definition) is 7. The van der Waals surface area contributed by atoms with Crippen molar-refractivity contribution >= 4 is 29.7 Å². The van der Waals surface area contributed by atoms with Gasteiger partial charge in [-0.25, -0.2) is 4.79 Å². The summed E-state index contributed by atoms with van der Waals surface area (Å²) in [5.74, 6) is -6.92. The first-order valence-electron chi connectivity index (χ1n) is 11.0. The van der Waals surface area contributed by atoms with Gasteiger partial charge in [0.25, 0.3) is 0 Å². The second-order valence-electron chi connectivity index (χ2n) is 8.92. The highest BCUT2D eigenvalue weighted by atomic mass is 16.5. The Hall–Kier alpha value is -3.27. The average molecular weight is 458 g/mol. The summed E-state index contributed by atoms with van der Waals surface area (Å²) in [5.41, 5.74) is -1.38. The summed E-state index contributed by atoms with van der Waals surface area (Å²) >= 11 is 0. The van der Waals surface area contributed by atoms with Crippen molar-refractivity contribution in [2.24, 2.45) is 11.8 Å². The number of amides is 2. The molecule has 3 N–H and O–H groups in total. The number of aliphatic carboxylic acids is 2. The quantitative estimate of drug-likeness (QED) is 0.424. The molecule has 0 spiro atoms. The fraction of sp³-hybridized carbons (Fsp3) is 0.522. The minimum atomic E-state index is -2.13. The number of benzene rings is 1. The predicted molar refractivity (Wildman–Crippen MR) is 112 cm³/mol. The number of carboxylic acids is 2. The third-order valence-corrected chi connectivity index (χ3v) is 7.13. The van der Waals surface area contributed by atoms with Crippen molar-refractivity contribution in [2.45, 2.75) is 56.1 Å². The van der Waals surface area contributed by atoms with Crippen LogP contribution in [0, 0.1) is 11.8 Å². The van der Waals surface area contributed by atoms with E-state index in [9.17, 15) is 34.2 Å². The largest absolute Gasteiger partial charge is 0.481 e. The standard InChI is InChI=1S/C23H26N2O8/c1-33-21(30)13-9-7-12(8-10-13)18-16-17(23(24-18,22(31)32)11-15(26)27)20(29)25(19(16)28)14-5-3-2-4-6-14/h7-10,14,16-18,24H,2-6,11H2,1H3,(H,26,27)(H,31,32). The fourth-order valence-corrected chi connectivity index (χ4v) is 5.63. The van der Waals surface area contributed by atoms with E-state index < -0.39 is 59.6 Å². The normalized spacial score (nSPS) is 29.7. The van der Waals surface area contributed by atoms with Crippen LogP contribution in [-0.2, 0) is 23.9 Å². The zero-order chi connectivity index (χ0) is 23.9. The zero-order valence-electron chi connectivity index (χ0n) is 18.2. The van der Waals surface area contributed by atoms with E-state index in [1.54, 1.807) is 12.1 Å². The lowest BCUT2D eigenvalue weighted by Crippen LogP contribution is -2.57. The van der Waals surface area contributed by atoms with Crippen LogP contribution in [0.1, 0.15) is 60.5 Å². The molecule has 4 atom stereocenters. The first-order chi connectivity index (χ1) is 15.7. The van der Waals surface area contributed by atoms with Crippen LogP contribution in [0.5, 0.6) is 0 Å². The number of esters is 1. The third kappa shape index (κ3) is 3.68. The summed E-state index contributed by atoms with van der Waals surface area (Å²) in [4.78, 5) is 64.1. The molecule has 1 aromatic carbocycles. The Kier molecular flexibility index (Phi) is 5.96. The molecular weight excluding hydrogens is 432 g/mol. The number of rotatable bonds is 6. The number of hydrogen-bond donors (Lipinski definition) is 3. The van der Waals surface area contributed by atoms with Crippen molar-refractivity contribution in [3.05, 3.63) is 35.4 Å². The van der Waals surface area contributed by atoms with Crippen LogP contribution in [0.25, 0.3) is 0 Å². The van der Waals surface area contributed by atoms with Gasteiger partial charge in [0.1, 0.15) is 5.54 Å². The molecule has 176 valence electrons. The number of nitrogens with zero attached hydrogens (tertiary/aromatic N) is 1. The molecule has 3 aliphatic rings. The molecule has 2 aliphatic heterocycles. The summed E-state index contributed by atoms with van der Waals surface area (Å²) in [6.07, 6.45) is 3.20. The number of fused-ring (bicyclic) bond motifs is 1. The molecule has 4 rings (SSSR count). The van der Waals surface area contributed by atoms with Gasteiger partial charge in [-0.2, -0.15) is 0 Å². The van der Waals surface area contributed by atoms with Crippen molar-refractivity contribution < 1.29 is 38.9 Å². The maximum absolute atomic E-state index is 13.5. The fourth-order valence-electron chi connectivity index (χ4n) is 5.63. The first-order valence-corrected chi connectivity index (χ1v) is 11.0. The molecule has 0 aromatic heterocycles. The molecule has 10 heteroatoms. The molecule has 2 saturated heterocycles. The Morgan fingerprint density at radius 1 is 1.06 bits per heavy atom. The van der Waals surface area contributed by atoms with Crippen molar-refractivity contribution in [1.82, 2.24) is 10.2 Å². The molecule has 10 nitrogen and oxygen atoms in total. The van der Waals surface area contributed by atoms with Crippen molar-refractivity contribution in [3.63, 3.8) is 0 Å². The van der Waals surface area contributed by atoms with Crippen LogP contribution in [0.2, 0.25) is 0 Å². The highest BCUT2D eigenvalue weighted by Gasteiger charge is 2.69. The second kappa shape index (κ2) is 8.58. The van der Waals surface area contributed by atoms with Gasteiger partial charge in [-0.05, 0) is 30.5 Å². The van der Waals surface area contributed by atoms with Crippen LogP contribution >= 0.6 is 0 Å². The Morgan fingerprint density at radius 3 is 2.24 bits per heavy atom. The van der Waals surface area contributed by atoms with E-state index in [0.717, 1.165) is 19.3 Å². The van der Waals surface area contributed by atoms with E-state index >= 15 is 0 Å². The van der Waals surface area contributed by atoms with Gasteiger partial charge in [-0.1, -0.05) is 31.4 Å². The van der Waals surface area contributed by atoms with Gasteiger partial charge in [0.05, 0.1) is 30.9 Å². The van der Waals surface area contributed by atoms with Crippen LogP contribution in [0.3, 0.4) is 0 Å². The average Bonchev–Trinajstić information content (AvgIpc) is 3.27. The highest BCUT2D eigenvalue weighted by molar-refractivity contribution is 6.10. The van der Waals surface area contributed by atoms with E-state index in [0.29, 0.717) is 18.4 Å². The molecule has 4 unspecified atom stereocenters. The maximum atomic E-state index is 13.5. The van der Waals surface area contributed by atoms with Crippen molar-refractivity contribution in [1.29, 1.82) is 0 Å². The summed E-state index contributed by atoms with van der Waals surface area (Å²) in [6, 6.07) is 4.87. The van der Waals surface area contributed by atoms with Gasteiger partial charge in [0.2, 0.25) is 11.8 Å². The molecule has 0 bridgehead atoms. The van der Waals surface area contributed by atoms with Gasteiger partial charge >= 0.3 is 17.9 Å². The maximum Gasteiger partial charge on any atom is 0.337 e. The van der Waals surface area contributed by atoms with E-state index in [1.807, 2.05) is 0 Å². The minimum absolute atomic E-state index is 0.267. The molecule has 1 aliphatic carbocycles. The number of likely N-dealkylation sites (tertiary alicyclic amines) is 1. The van der Waals surface area contributed by atoms with E-state index in [2.05, 4.69) is 10.1 Å². The van der Waals surface area contributed by atoms with Gasteiger partial charge in [-0.15, -0.1) is 0 Å². The highest BCUT2D eigenvalue weighted by Crippen LogP contribution is 2.51. The molecular formula is C23H26N2O8. The zero-order valence-corrected chi connectivity index (χ0v) is 18.2. The number of carbonyl (C=O) groups excluding carboxylic acids is 3. The summed E-state index contributed by atoms with van der Waals surface area (Å²) in [5, 5.41) is 22.4. The number of carboxylic acid groups (broad SMARTS) is 2. The van der Waals surface area contributed by atoms with Gasteiger partial charge in [0.15, 0.2) is 0 Å². The molecule has 3 fully saturated rings. The topological polar surface area (TPSA) is 150 Å². The molecule has 1 saturated carbocycles. The van der Waals surface area contributed by atoms with Crippen LogP contribution in [-0.4, -0.2) is 63.5 Å². The number of imide groups is 1. The second-order valence-corrected chi connectivity index (χ2v) is 8.92.